The van der Waals surface area contributed by atoms with Crippen LogP contribution in [-0.2, 0) is 14.6 Å². The Kier molecular flexibility index (Phi) is 7.59. The van der Waals surface area contributed by atoms with Crippen LogP contribution in [0, 0.1) is 0 Å². The minimum atomic E-state index is -4.03. The zero-order valence-electron chi connectivity index (χ0n) is 19.2. The Labute approximate surface area is 208 Å². The molecule has 0 saturated heterocycles. The molecule has 2 aromatic carbocycles. The van der Waals surface area contributed by atoms with Gasteiger partial charge in [-0.3, -0.25) is 19.6 Å². The molecule has 0 saturated carbocycles. The monoisotopic (exact) mass is 507 g/mol. The number of nitrogens with one attached hydrogen (secondary N) is 3. The van der Waals surface area contributed by atoms with Crippen LogP contribution in [0.2, 0.25) is 0 Å². The molecule has 1 unspecified atom stereocenters. The highest BCUT2D eigenvalue weighted by Gasteiger charge is 2.31. The summed E-state index contributed by atoms with van der Waals surface area (Å²) < 4.78 is 26.4. The number of carboxylic acids is 1. The number of sulfone groups is 1. The predicted octanol–water partition coefficient (Wildman–Crippen LogP) is 3.08. The third-order valence-corrected chi connectivity index (χ3v) is 7.63. The number of benzene rings is 2. The largest absolute Gasteiger partial charge is 0.481 e. The topological polar surface area (TPSA) is 150 Å². The molecule has 0 spiro atoms. The minimum Gasteiger partial charge on any atom is -0.481 e. The maximum absolute atomic E-state index is 13.2. The summed E-state index contributed by atoms with van der Waals surface area (Å²) in [7, 11) is -4.03. The second kappa shape index (κ2) is 11.0. The van der Waals surface area contributed by atoms with Gasteiger partial charge in [-0.1, -0.05) is 12.1 Å². The first kappa shape index (κ1) is 24.9. The molecule has 3 aromatic rings. The standard InChI is InChI=1S/C25H25N5O5S/c31-23(32)15-22(18-5-2-11-26-16-18)36(34,35)21-9-7-19(8-10-21)29-24(33)17-4-1-6-20(14-17)30-25-27-12-3-13-28-25/h1-2,4-11,14,16,22H,3,12-13,15H2,(H,29,33)(H,31,32)(H2,27,28,30). The van der Waals surface area contributed by atoms with Gasteiger partial charge in [-0.05, 0) is 60.5 Å². The molecular formula is C25H25N5O5S. The lowest BCUT2D eigenvalue weighted by molar-refractivity contribution is -0.137. The van der Waals surface area contributed by atoms with E-state index in [0.717, 1.165) is 19.5 Å². The lowest BCUT2D eigenvalue weighted by Crippen LogP contribution is -2.35. The van der Waals surface area contributed by atoms with Crippen molar-refractivity contribution in [2.24, 2.45) is 4.99 Å². The fourth-order valence-electron chi connectivity index (χ4n) is 3.72. The van der Waals surface area contributed by atoms with Gasteiger partial charge in [0, 0.05) is 42.4 Å². The molecule has 36 heavy (non-hydrogen) atoms. The molecule has 0 fully saturated rings. The first-order valence-electron chi connectivity index (χ1n) is 11.3. The molecule has 0 bridgehead atoms. The Morgan fingerprint density at radius 3 is 2.53 bits per heavy atom. The Hall–Kier alpha value is -4.25. The number of anilines is 2. The molecule has 0 aliphatic carbocycles. The highest BCUT2D eigenvalue weighted by molar-refractivity contribution is 7.91. The zero-order chi connectivity index (χ0) is 25.5. The van der Waals surface area contributed by atoms with Crippen molar-refractivity contribution in [1.29, 1.82) is 0 Å². The van der Waals surface area contributed by atoms with Crippen LogP contribution < -0.4 is 16.0 Å². The summed E-state index contributed by atoms with van der Waals surface area (Å²) in [5.74, 6) is -0.950. The van der Waals surface area contributed by atoms with Crippen molar-refractivity contribution in [1.82, 2.24) is 10.3 Å². The predicted molar refractivity (Wildman–Crippen MR) is 136 cm³/mol. The molecule has 1 aromatic heterocycles. The molecule has 1 aliphatic heterocycles. The Morgan fingerprint density at radius 2 is 1.86 bits per heavy atom. The van der Waals surface area contributed by atoms with Crippen molar-refractivity contribution < 1.29 is 23.1 Å². The molecule has 2 heterocycles. The second-order valence-corrected chi connectivity index (χ2v) is 10.2. The van der Waals surface area contributed by atoms with Crippen LogP contribution in [0.1, 0.15) is 34.0 Å². The molecule has 1 atom stereocenters. The number of carbonyl (C=O) groups is 2. The van der Waals surface area contributed by atoms with E-state index >= 15 is 0 Å². The molecule has 4 N–H and O–H groups in total. The summed E-state index contributed by atoms with van der Waals surface area (Å²) in [6, 6.07) is 15.7. The number of rotatable bonds is 8. The van der Waals surface area contributed by atoms with E-state index in [4.69, 9.17) is 0 Å². The highest BCUT2D eigenvalue weighted by Crippen LogP contribution is 2.32. The normalized spacial score (nSPS) is 14.2. The Balaban J connectivity index is 1.48. The molecule has 1 aliphatic rings. The quantitative estimate of drug-likeness (QED) is 0.363. The van der Waals surface area contributed by atoms with E-state index in [0.29, 0.717) is 28.5 Å². The van der Waals surface area contributed by atoms with Crippen LogP contribution in [0.3, 0.4) is 0 Å². The summed E-state index contributed by atoms with van der Waals surface area (Å²) >= 11 is 0. The van der Waals surface area contributed by atoms with E-state index in [2.05, 4.69) is 25.9 Å². The van der Waals surface area contributed by atoms with E-state index in [9.17, 15) is 23.1 Å². The van der Waals surface area contributed by atoms with Gasteiger partial charge >= 0.3 is 5.97 Å². The second-order valence-electron chi connectivity index (χ2n) is 8.11. The first-order chi connectivity index (χ1) is 17.3. The number of aromatic nitrogens is 1. The van der Waals surface area contributed by atoms with Crippen molar-refractivity contribution in [3.63, 3.8) is 0 Å². The molecule has 10 nitrogen and oxygen atoms in total. The average Bonchev–Trinajstić information content (AvgIpc) is 2.89. The lowest BCUT2D eigenvalue weighted by Gasteiger charge is -2.17. The highest BCUT2D eigenvalue weighted by atomic mass is 32.2. The van der Waals surface area contributed by atoms with Gasteiger partial charge < -0.3 is 21.1 Å². The third-order valence-electron chi connectivity index (χ3n) is 5.52. The summed E-state index contributed by atoms with van der Waals surface area (Å²) in [6.07, 6.45) is 3.20. The lowest BCUT2D eigenvalue weighted by atomic mass is 10.1. The van der Waals surface area contributed by atoms with Gasteiger partial charge in [0.25, 0.3) is 5.91 Å². The van der Waals surface area contributed by atoms with Gasteiger partial charge in [0.05, 0.1) is 11.3 Å². The van der Waals surface area contributed by atoms with Crippen LogP contribution in [0.25, 0.3) is 0 Å². The summed E-state index contributed by atoms with van der Waals surface area (Å²) in [4.78, 5) is 32.4. The van der Waals surface area contributed by atoms with Gasteiger partial charge in [0.15, 0.2) is 15.8 Å². The molecule has 186 valence electrons. The third kappa shape index (κ3) is 6.05. The maximum Gasteiger partial charge on any atom is 0.305 e. The Bertz CT molecular complexity index is 1380. The SMILES string of the molecule is O=C(O)CC(c1cccnc1)S(=O)(=O)c1ccc(NC(=O)c2cccc(NC3=NCCCN3)c2)cc1. The zero-order valence-corrected chi connectivity index (χ0v) is 20.0. The molecule has 11 heteroatoms. The number of pyridine rings is 1. The minimum absolute atomic E-state index is 0.0532. The maximum atomic E-state index is 13.2. The smallest absolute Gasteiger partial charge is 0.305 e. The van der Waals surface area contributed by atoms with Gasteiger partial charge in [-0.25, -0.2) is 8.42 Å². The van der Waals surface area contributed by atoms with Gasteiger partial charge in [-0.2, -0.15) is 0 Å². The summed E-state index contributed by atoms with van der Waals surface area (Å²) in [5.41, 5.74) is 1.80. The first-order valence-corrected chi connectivity index (χ1v) is 12.8. The average molecular weight is 508 g/mol. The van der Waals surface area contributed by atoms with E-state index in [1.165, 1.54) is 42.7 Å². The number of hydrogen-bond donors (Lipinski definition) is 4. The van der Waals surface area contributed by atoms with E-state index < -0.39 is 27.5 Å². The van der Waals surface area contributed by atoms with E-state index in [1.54, 1.807) is 24.3 Å². The van der Waals surface area contributed by atoms with Gasteiger partial charge in [0.1, 0.15) is 5.25 Å². The number of nitrogens with zero attached hydrogens (tertiary/aromatic N) is 2. The number of carbonyl (C=O) groups excluding carboxylic acids is 1. The molecule has 0 radical (unpaired) electrons. The fraction of sp³-hybridized carbons (Fsp3) is 0.200. The molecule has 1 amide bonds. The number of guanidine groups is 1. The number of amides is 1. The number of carboxylic acid groups (broad SMARTS) is 1. The van der Waals surface area contributed by atoms with Gasteiger partial charge in [0.2, 0.25) is 0 Å². The van der Waals surface area contributed by atoms with Crippen molar-refractivity contribution >= 4 is 39.0 Å². The number of hydrogen-bond acceptors (Lipinski definition) is 8. The number of aliphatic carboxylic acids is 1. The van der Waals surface area contributed by atoms with Crippen LogP contribution in [0.4, 0.5) is 11.4 Å². The summed E-state index contributed by atoms with van der Waals surface area (Å²) in [5, 5.41) is 17.0. The van der Waals surface area contributed by atoms with Crippen LogP contribution >= 0.6 is 0 Å². The van der Waals surface area contributed by atoms with Crippen LogP contribution in [-0.4, -0.2) is 49.4 Å². The van der Waals surface area contributed by atoms with Crippen molar-refractivity contribution in [3.05, 3.63) is 84.2 Å². The van der Waals surface area contributed by atoms with Crippen molar-refractivity contribution in [2.45, 2.75) is 23.0 Å². The van der Waals surface area contributed by atoms with Crippen LogP contribution in [0.5, 0.6) is 0 Å². The van der Waals surface area contributed by atoms with E-state index in [-0.39, 0.29) is 10.8 Å². The van der Waals surface area contributed by atoms with Crippen molar-refractivity contribution in [2.75, 3.05) is 23.7 Å². The Morgan fingerprint density at radius 1 is 1.06 bits per heavy atom. The molecule has 4 rings (SSSR count). The van der Waals surface area contributed by atoms with Crippen molar-refractivity contribution in [3.8, 4) is 0 Å². The van der Waals surface area contributed by atoms with Crippen LogP contribution in [0.15, 0.2) is 82.9 Å². The fourth-order valence-corrected chi connectivity index (χ4v) is 5.42. The van der Waals surface area contributed by atoms with Gasteiger partial charge in [-0.15, -0.1) is 0 Å². The van der Waals surface area contributed by atoms with E-state index in [1.807, 2.05) is 6.07 Å². The molecular weight excluding hydrogens is 482 g/mol. The number of aliphatic imine (C=N–C) groups is 1. The summed E-state index contributed by atoms with van der Waals surface area (Å²) in [6.45, 7) is 1.57.